The van der Waals surface area contributed by atoms with Gasteiger partial charge >= 0.3 is 0 Å². The van der Waals surface area contributed by atoms with Crippen LogP contribution in [0.1, 0.15) is 27.2 Å². The smallest absolute Gasteiger partial charge is 0.0639 e. The van der Waals surface area contributed by atoms with Gasteiger partial charge in [0.15, 0.2) is 0 Å². The molecule has 0 bridgehead atoms. The van der Waals surface area contributed by atoms with Gasteiger partial charge in [0.25, 0.3) is 0 Å². The van der Waals surface area contributed by atoms with Crippen LogP contribution in [-0.4, -0.2) is 49.0 Å². The molecule has 0 aromatic heterocycles. The molecule has 0 aliphatic carbocycles. The van der Waals surface area contributed by atoms with E-state index >= 15 is 0 Å². The summed E-state index contributed by atoms with van der Waals surface area (Å²) in [6.07, 6.45) is 0.784. The van der Waals surface area contributed by atoms with Gasteiger partial charge in [0.05, 0.1) is 6.10 Å². The standard InChI is InChI=1S/C10H23NO2/c1-9(2)11(8-10(3)12)6-5-7-13-4/h9-10,12H,5-8H2,1-4H3. The number of methoxy groups -OCH3 is 1. The Morgan fingerprint density at radius 2 is 1.92 bits per heavy atom. The van der Waals surface area contributed by atoms with E-state index in [-0.39, 0.29) is 6.10 Å². The first kappa shape index (κ1) is 12.9. The summed E-state index contributed by atoms with van der Waals surface area (Å²) in [5.41, 5.74) is 0. The number of aliphatic hydroxyl groups excluding tert-OH is 1. The zero-order valence-electron chi connectivity index (χ0n) is 9.29. The fraction of sp³-hybridized carbons (Fsp3) is 1.00. The van der Waals surface area contributed by atoms with Crippen LogP contribution < -0.4 is 0 Å². The Morgan fingerprint density at radius 1 is 1.31 bits per heavy atom. The van der Waals surface area contributed by atoms with Crippen molar-refractivity contribution in [1.29, 1.82) is 0 Å². The molecular formula is C10H23NO2. The van der Waals surface area contributed by atoms with Crippen LogP contribution in [0.25, 0.3) is 0 Å². The molecule has 0 fully saturated rings. The lowest BCUT2D eigenvalue weighted by atomic mass is 10.2. The van der Waals surface area contributed by atoms with Crippen molar-refractivity contribution >= 4 is 0 Å². The summed E-state index contributed by atoms with van der Waals surface area (Å²) in [4.78, 5) is 2.27. The minimum Gasteiger partial charge on any atom is -0.392 e. The highest BCUT2D eigenvalue weighted by molar-refractivity contribution is 4.65. The zero-order valence-corrected chi connectivity index (χ0v) is 9.29. The molecule has 3 heteroatoms. The first-order valence-electron chi connectivity index (χ1n) is 4.99. The molecule has 80 valence electrons. The van der Waals surface area contributed by atoms with Gasteiger partial charge in [-0.3, -0.25) is 4.90 Å². The molecule has 0 aliphatic rings. The van der Waals surface area contributed by atoms with E-state index in [4.69, 9.17) is 4.74 Å². The third-order valence-corrected chi connectivity index (χ3v) is 2.02. The van der Waals surface area contributed by atoms with E-state index in [9.17, 15) is 5.11 Å². The van der Waals surface area contributed by atoms with Gasteiger partial charge in [-0.1, -0.05) is 0 Å². The molecule has 0 rings (SSSR count). The zero-order chi connectivity index (χ0) is 10.3. The number of hydrogen-bond acceptors (Lipinski definition) is 3. The fourth-order valence-electron chi connectivity index (χ4n) is 1.31. The Balaban J connectivity index is 3.67. The summed E-state index contributed by atoms with van der Waals surface area (Å²) < 4.78 is 4.99. The Labute approximate surface area is 81.7 Å². The Morgan fingerprint density at radius 3 is 2.31 bits per heavy atom. The molecule has 1 unspecified atom stereocenters. The third kappa shape index (κ3) is 6.99. The molecule has 0 spiro atoms. The molecule has 3 nitrogen and oxygen atoms in total. The van der Waals surface area contributed by atoms with Gasteiger partial charge in [0.1, 0.15) is 0 Å². The second kappa shape index (κ2) is 7.30. The van der Waals surface area contributed by atoms with Gasteiger partial charge in [-0.25, -0.2) is 0 Å². The van der Waals surface area contributed by atoms with Crippen molar-refractivity contribution in [3.05, 3.63) is 0 Å². The molecule has 0 radical (unpaired) electrons. The van der Waals surface area contributed by atoms with Crippen LogP contribution in [0, 0.1) is 0 Å². The number of aliphatic hydroxyl groups is 1. The van der Waals surface area contributed by atoms with Crippen molar-refractivity contribution in [3.8, 4) is 0 Å². The molecule has 0 aromatic carbocycles. The van der Waals surface area contributed by atoms with Gasteiger partial charge in [-0.05, 0) is 27.2 Å². The molecule has 1 N–H and O–H groups in total. The van der Waals surface area contributed by atoms with E-state index in [1.54, 1.807) is 7.11 Å². The molecule has 0 aliphatic heterocycles. The van der Waals surface area contributed by atoms with Crippen LogP contribution in [0.2, 0.25) is 0 Å². The topological polar surface area (TPSA) is 32.7 Å². The maximum Gasteiger partial charge on any atom is 0.0639 e. The van der Waals surface area contributed by atoms with Gasteiger partial charge in [0.2, 0.25) is 0 Å². The summed E-state index contributed by atoms with van der Waals surface area (Å²) in [5, 5.41) is 9.26. The van der Waals surface area contributed by atoms with Gasteiger partial charge in [-0.15, -0.1) is 0 Å². The molecule has 0 aromatic rings. The van der Waals surface area contributed by atoms with Crippen LogP contribution in [0.15, 0.2) is 0 Å². The summed E-state index contributed by atoms with van der Waals surface area (Å²) in [7, 11) is 1.72. The molecule has 1 atom stereocenters. The van der Waals surface area contributed by atoms with E-state index in [0.717, 1.165) is 26.1 Å². The van der Waals surface area contributed by atoms with Gasteiger partial charge in [-0.2, -0.15) is 0 Å². The SMILES string of the molecule is COCCCN(CC(C)O)C(C)C. The van der Waals surface area contributed by atoms with Crippen molar-refractivity contribution in [3.63, 3.8) is 0 Å². The van der Waals surface area contributed by atoms with Crippen molar-refractivity contribution in [2.24, 2.45) is 0 Å². The maximum absolute atomic E-state index is 9.26. The van der Waals surface area contributed by atoms with E-state index in [1.807, 2.05) is 6.92 Å². The number of hydrogen-bond donors (Lipinski definition) is 1. The Hall–Kier alpha value is -0.120. The highest BCUT2D eigenvalue weighted by Gasteiger charge is 2.10. The largest absolute Gasteiger partial charge is 0.392 e. The lowest BCUT2D eigenvalue weighted by Crippen LogP contribution is -2.37. The predicted molar refractivity (Wildman–Crippen MR) is 54.9 cm³/mol. The van der Waals surface area contributed by atoms with E-state index < -0.39 is 0 Å². The average molecular weight is 189 g/mol. The van der Waals surface area contributed by atoms with Crippen LogP contribution in [0.5, 0.6) is 0 Å². The van der Waals surface area contributed by atoms with E-state index in [1.165, 1.54) is 0 Å². The Bertz CT molecular complexity index is 115. The second-order valence-electron chi connectivity index (χ2n) is 3.78. The first-order valence-corrected chi connectivity index (χ1v) is 4.99. The maximum atomic E-state index is 9.26. The number of ether oxygens (including phenoxy) is 1. The first-order chi connectivity index (χ1) is 6.07. The van der Waals surface area contributed by atoms with Crippen LogP contribution in [0.4, 0.5) is 0 Å². The molecule has 0 heterocycles. The Kier molecular flexibility index (Phi) is 7.23. The normalized spacial score (nSPS) is 14.1. The van der Waals surface area contributed by atoms with E-state index in [2.05, 4.69) is 18.7 Å². The fourth-order valence-corrected chi connectivity index (χ4v) is 1.31. The lowest BCUT2D eigenvalue weighted by Gasteiger charge is -2.27. The van der Waals surface area contributed by atoms with E-state index in [0.29, 0.717) is 6.04 Å². The van der Waals surface area contributed by atoms with Crippen molar-refractivity contribution < 1.29 is 9.84 Å². The highest BCUT2D eigenvalue weighted by atomic mass is 16.5. The van der Waals surface area contributed by atoms with Crippen molar-refractivity contribution in [2.45, 2.75) is 39.3 Å². The molecule has 13 heavy (non-hydrogen) atoms. The quantitative estimate of drug-likeness (QED) is 0.609. The van der Waals surface area contributed by atoms with Crippen molar-refractivity contribution in [2.75, 3.05) is 26.8 Å². The van der Waals surface area contributed by atoms with Gasteiger partial charge in [0, 0.05) is 32.8 Å². The average Bonchev–Trinajstić information content (AvgIpc) is 2.02. The monoisotopic (exact) mass is 189 g/mol. The summed E-state index contributed by atoms with van der Waals surface area (Å²) in [6, 6.07) is 0.492. The summed E-state index contributed by atoms with van der Waals surface area (Å²) >= 11 is 0. The van der Waals surface area contributed by atoms with Crippen LogP contribution in [-0.2, 0) is 4.74 Å². The number of rotatable bonds is 7. The summed E-state index contributed by atoms with van der Waals surface area (Å²) in [5.74, 6) is 0. The predicted octanol–water partition coefficient (Wildman–Crippen LogP) is 1.11. The third-order valence-electron chi connectivity index (χ3n) is 2.02. The molecule has 0 saturated carbocycles. The molecule has 0 saturated heterocycles. The second-order valence-corrected chi connectivity index (χ2v) is 3.78. The minimum atomic E-state index is -0.245. The highest BCUT2D eigenvalue weighted by Crippen LogP contribution is 2.01. The molecular weight excluding hydrogens is 166 g/mol. The van der Waals surface area contributed by atoms with Crippen LogP contribution in [0.3, 0.4) is 0 Å². The van der Waals surface area contributed by atoms with Crippen LogP contribution >= 0.6 is 0 Å². The molecule has 0 amide bonds. The lowest BCUT2D eigenvalue weighted by molar-refractivity contribution is 0.0968. The van der Waals surface area contributed by atoms with Gasteiger partial charge < -0.3 is 9.84 Å². The minimum absolute atomic E-state index is 0.245. The number of nitrogens with zero attached hydrogens (tertiary/aromatic N) is 1. The summed E-state index contributed by atoms with van der Waals surface area (Å²) in [6.45, 7) is 8.66. The van der Waals surface area contributed by atoms with Crippen molar-refractivity contribution in [1.82, 2.24) is 4.90 Å².